The third-order valence-electron chi connectivity index (χ3n) is 2.11. The highest BCUT2D eigenvalue weighted by Gasteiger charge is 2.23. The average molecular weight is 230 g/mol. The van der Waals surface area contributed by atoms with Gasteiger partial charge in [0.05, 0.1) is 6.61 Å². The highest BCUT2D eigenvalue weighted by molar-refractivity contribution is 5.87. The summed E-state index contributed by atoms with van der Waals surface area (Å²) in [6.07, 6.45) is 0. The van der Waals surface area contributed by atoms with Gasteiger partial charge in [-0.1, -0.05) is 13.8 Å². The second-order valence-electron chi connectivity index (χ2n) is 4.29. The molecule has 94 valence electrons. The molecule has 5 heteroatoms. The topological polar surface area (TPSA) is 67.4 Å². The lowest BCUT2D eigenvalue weighted by Crippen LogP contribution is -2.51. The molecular formula is C11H22N2O3. The van der Waals surface area contributed by atoms with Crippen LogP contribution in [0.2, 0.25) is 0 Å². The summed E-state index contributed by atoms with van der Waals surface area (Å²) in [6.45, 7) is 7.49. The van der Waals surface area contributed by atoms with Gasteiger partial charge in [0, 0.05) is 20.1 Å². The molecule has 5 nitrogen and oxygen atoms in total. The molecule has 0 aromatic carbocycles. The Morgan fingerprint density at radius 2 is 1.75 bits per heavy atom. The van der Waals surface area contributed by atoms with Crippen LogP contribution in [0.3, 0.4) is 0 Å². The molecule has 2 amide bonds. The SMILES string of the molecule is COCC(C)NC(=O)C(NC(C)=O)C(C)C. The van der Waals surface area contributed by atoms with Crippen molar-refractivity contribution in [1.29, 1.82) is 0 Å². The number of ether oxygens (including phenoxy) is 1. The van der Waals surface area contributed by atoms with Crippen LogP contribution in [-0.4, -0.2) is 37.6 Å². The second-order valence-corrected chi connectivity index (χ2v) is 4.29. The van der Waals surface area contributed by atoms with Crippen LogP contribution in [0.15, 0.2) is 0 Å². The lowest BCUT2D eigenvalue weighted by molar-refractivity contribution is -0.129. The Morgan fingerprint density at radius 3 is 2.12 bits per heavy atom. The summed E-state index contributed by atoms with van der Waals surface area (Å²) in [5.41, 5.74) is 0. The molecular weight excluding hydrogens is 208 g/mol. The zero-order valence-electron chi connectivity index (χ0n) is 10.7. The van der Waals surface area contributed by atoms with Crippen molar-refractivity contribution in [3.05, 3.63) is 0 Å². The first-order chi connectivity index (χ1) is 7.38. The first-order valence-corrected chi connectivity index (χ1v) is 5.44. The van der Waals surface area contributed by atoms with Crippen molar-refractivity contribution in [2.75, 3.05) is 13.7 Å². The van der Waals surface area contributed by atoms with Crippen LogP contribution in [0.4, 0.5) is 0 Å². The standard InChI is InChI=1S/C11H22N2O3/c1-7(2)10(13-9(4)14)11(15)12-8(3)6-16-5/h7-8,10H,6H2,1-5H3,(H,12,15)(H,13,14). The summed E-state index contributed by atoms with van der Waals surface area (Å²) in [4.78, 5) is 22.8. The van der Waals surface area contributed by atoms with Crippen LogP contribution in [0.1, 0.15) is 27.7 Å². The van der Waals surface area contributed by atoms with Crippen molar-refractivity contribution in [3.63, 3.8) is 0 Å². The molecule has 0 rings (SSSR count). The summed E-state index contributed by atoms with van der Waals surface area (Å²) >= 11 is 0. The third kappa shape index (κ3) is 5.70. The predicted molar refractivity (Wildman–Crippen MR) is 61.9 cm³/mol. The second kappa shape index (κ2) is 7.22. The van der Waals surface area contributed by atoms with E-state index in [2.05, 4.69) is 10.6 Å². The maximum atomic E-state index is 11.8. The van der Waals surface area contributed by atoms with E-state index in [1.54, 1.807) is 7.11 Å². The average Bonchev–Trinajstić information content (AvgIpc) is 2.13. The molecule has 0 saturated heterocycles. The van der Waals surface area contributed by atoms with E-state index in [4.69, 9.17) is 4.74 Å². The van der Waals surface area contributed by atoms with Gasteiger partial charge in [-0.25, -0.2) is 0 Å². The summed E-state index contributed by atoms with van der Waals surface area (Å²) in [6, 6.07) is -0.552. The monoisotopic (exact) mass is 230 g/mol. The molecule has 0 aliphatic carbocycles. The van der Waals surface area contributed by atoms with Crippen molar-refractivity contribution in [1.82, 2.24) is 10.6 Å². The number of hydrogen-bond acceptors (Lipinski definition) is 3. The van der Waals surface area contributed by atoms with E-state index in [-0.39, 0.29) is 23.8 Å². The summed E-state index contributed by atoms with van der Waals surface area (Å²) < 4.78 is 4.92. The highest BCUT2D eigenvalue weighted by atomic mass is 16.5. The van der Waals surface area contributed by atoms with Crippen LogP contribution in [-0.2, 0) is 14.3 Å². The Hall–Kier alpha value is -1.10. The van der Waals surface area contributed by atoms with Crippen LogP contribution < -0.4 is 10.6 Å². The van der Waals surface area contributed by atoms with Crippen molar-refractivity contribution in [2.24, 2.45) is 5.92 Å². The first kappa shape index (κ1) is 14.9. The van der Waals surface area contributed by atoms with Gasteiger partial charge in [0.2, 0.25) is 11.8 Å². The van der Waals surface area contributed by atoms with Crippen LogP contribution in [0.25, 0.3) is 0 Å². The highest BCUT2D eigenvalue weighted by Crippen LogP contribution is 2.02. The van der Waals surface area contributed by atoms with Gasteiger partial charge in [0.25, 0.3) is 0 Å². The molecule has 0 aliphatic rings. The van der Waals surface area contributed by atoms with Crippen molar-refractivity contribution in [3.8, 4) is 0 Å². The Morgan fingerprint density at radius 1 is 1.19 bits per heavy atom. The number of methoxy groups -OCH3 is 1. The minimum atomic E-state index is -0.489. The molecule has 0 radical (unpaired) electrons. The molecule has 0 bridgehead atoms. The third-order valence-corrected chi connectivity index (χ3v) is 2.11. The molecule has 2 N–H and O–H groups in total. The largest absolute Gasteiger partial charge is 0.383 e. The molecule has 0 saturated carbocycles. The van der Waals surface area contributed by atoms with Crippen LogP contribution in [0, 0.1) is 5.92 Å². The van der Waals surface area contributed by atoms with Gasteiger partial charge < -0.3 is 15.4 Å². The zero-order chi connectivity index (χ0) is 12.7. The van der Waals surface area contributed by atoms with Crippen LogP contribution in [0.5, 0.6) is 0 Å². The lowest BCUT2D eigenvalue weighted by Gasteiger charge is -2.23. The quantitative estimate of drug-likeness (QED) is 0.689. The van der Waals surface area contributed by atoms with Crippen LogP contribution >= 0.6 is 0 Å². The van der Waals surface area contributed by atoms with E-state index >= 15 is 0 Å². The van der Waals surface area contributed by atoms with Gasteiger partial charge >= 0.3 is 0 Å². The van der Waals surface area contributed by atoms with E-state index in [0.29, 0.717) is 6.61 Å². The van der Waals surface area contributed by atoms with E-state index in [9.17, 15) is 9.59 Å². The molecule has 0 spiro atoms. The molecule has 2 unspecified atom stereocenters. The number of carbonyl (C=O) groups is 2. The van der Waals surface area contributed by atoms with Gasteiger partial charge in [0.15, 0.2) is 0 Å². The van der Waals surface area contributed by atoms with Crippen molar-refractivity contribution >= 4 is 11.8 Å². The van der Waals surface area contributed by atoms with Crippen molar-refractivity contribution in [2.45, 2.75) is 39.8 Å². The lowest BCUT2D eigenvalue weighted by atomic mass is 10.0. The summed E-state index contributed by atoms with van der Waals surface area (Å²) in [5.74, 6) is -0.318. The number of rotatable bonds is 6. The van der Waals surface area contributed by atoms with E-state index in [0.717, 1.165) is 0 Å². The van der Waals surface area contributed by atoms with Gasteiger partial charge in [0.1, 0.15) is 6.04 Å². The molecule has 2 atom stereocenters. The Kier molecular flexibility index (Phi) is 6.72. The molecule has 0 aromatic heterocycles. The normalized spacial score (nSPS) is 14.4. The summed E-state index contributed by atoms with van der Waals surface area (Å²) in [5, 5.41) is 5.42. The number of carbonyl (C=O) groups excluding carboxylic acids is 2. The van der Waals surface area contributed by atoms with Gasteiger partial charge in [-0.3, -0.25) is 9.59 Å². The van der Waals surface area contributed by atoms with E-state index < -0.39 is 6.04 Å². The minimum absolute atomic E-state index is 0.0543. The fraction of sp³-hybridized carbons (Fsp3) is 0.818. The predicted octanol–water partition coefficient (Wildman–Crippen LogP) is 0.298. The number of hydrogen-bond donors (Lipinski definition) is 2. The van der Waals surface area contributed by atoms with E-state index in [1.165, 1.54) is 6.92 Å². The van der Waals surface area contributed by atoms with Crippen molar-refractivity contribution < 1.29 is 14.3 Å². The summed E-state index contributed by atoms with van der Waals surface area (Å²) in [7, 11) is 1.58. The number of amides is 2. The maximum absolute atomic E-state index is 11.8. The molecule has 16 heavy (non-hydrogen) atoms. The fourth-order valence-electron chi connectivity index (χ4n) is 1.38. The number of nitrogens with one attached hydrogen (secondary N) is 2. The Bertz CT molecular complexity index is 241. The van der Waals surface area contributed by atoms with E-state index in [1.807, 2.05) is 20.8 Å². The minimum Gasteiger partial charge on any atom is -0.383 e. The zero-order valence-corrected chi connectivity index (χ0v) is 10.7. The maximum Gasteiger partial charge on any atom is 0.243 e. The molecule has 0 aromatic rings. The smallest absolute Gasteiger partial charge is 0.243 e. The fourth-order valence-corrected chi connectivity index (χ4v) is 1.38. The Labute approximate surface area is 96.9 Å². The first-order valence-electron chi connectivity index (χ1n) is 5.44. The van der Waals surface area contributed by atoms with Gasteiger partial charge in [-0.15, -0.1) is 0 Å². The molecule has 0 heterocycles. The van der Waals surface area contributed by atoms with Gasteiger partial charge in [-0.2, -0.15) is 0 Å². The van der Waals surface area contributed by atoms with Gasteiger partial charge in [-0.05, 0) is 12.8 Å². The Balaban J connectivity index is 4.32. The molecule has 0 fully saturated rings. The molecule has 0 aliphatic heterocycles.